The third-order valence-corrected chi connectivity index (χ3v) is 5.59. The highest BCUT2D eigenvalue weighted by atomic mass is 32.2. The van der Waals surface area contributed by atoms with Gasteiger partial charge in [0.1, 0.15) is 0 Å². The normalized spacial score (nSPS) is 12.3. The first-order valence-corrected chi connectivity index (χ1v) is 9.88. The van der Waals surface area contributed by atoms with Crippen LogP contribution in [0, 0.1) is 0 Å². The van der Waals surface area contributed by atoms with Gasteiger partial charge >= 0.3 is 0 Å². The minimum atomic E-state index is -3.85. The van der Waals surface area contributed by atoms with E-state index in [4.69, 9.17) is 5.14 Å². The molecular weight excluding hydrogens is 336 g/mol. The van der Waals surface area contributed by atoms with Gasteiger partial charge in [-0.1, -0.05) is 26.0 Å². The van der Waals surface area contributed by atoms with E-state index in [0.717, 1.165) is 17.7 Å². The van der Waals surface area contributed by atoms with Gasteiger partial charge in [-0.15, -0.1) is 0 Å². The Morgan fingerprint density at radius 2 is 1.48 bits per heavy atom. The Balaban J connectivity index is 2.30. The van der Waals surface area contributed by atoms with Crippen molar-refractivity contribution in [3.05, 3.63) is 54.1 Å². The average Bonchev–Trinajstić information content (AvgIpc) is 2.46. The molecule has 0 aliphatic carbocycles. The number of hydrogen-bond donors (Lipinski definition) is 2. The topological polar surface area (TPSA) is 106 Å². The largest absolute Gasteiger partial charge is 0.280 e. The molecule has 0 bridgehead atoms. The molecule has 0 fully saturated rings. The summed E-state index contributed by atoms with van der Waals surface area (Å²) in [4.78, 5) is -0.182. The summed E-state index contributed by atoms with van der Waals surface area (Å²) in [5.74, 6) is 0.272. The zero-order valence-electron chi connectivity index (χ0n) is 12.7. The fraction of sp³-hybridized carbons (Fsp3) is 0.200. The summed E-state index contributed by atoms with van der Waals surface area (Å²) in [5.41, 5.74) is 1.46. The van der Waals surface area contributed by atoms with Gasteiger partial charge in [0.25, 0.3) is 10.0 Å². The number of rotatable bonds is 5. The molecule has 0 spiro atoms. The monoisotopic (exact) mass is 354 g/mol. The summed E-state index contributed by atoms with van der Waals surface area (Å²) in [6, 6.07) is 11.8. The van der Waals surface area contributed by atoms with Crippen molar-refractivity contribution in [2.24, 2.45) is 5.14 Å². The van der Waals surface area contributed by atoms with Crippen molar-refractivity contribution >= 4 is 25.7 Å². The maximum atomic E-state index is 12.4. The fourth-order valence-electron chi connectivity index (χ4n) is 1.98. The summed E-state index contributed by atoms with van der Waals surface area (Å²) in [6.45, 7) is 4.03. The molecule has 0 atom stereocenters. The molecule has 0 aliphatic heterocycles. The van der Waals surface area contributed by atoms with Gasteiger partial charge in [0.05, 0.1) is 9.79 Å². The van der Waals surface area contributed by atoms with E-state index in [1.165, 1.54) is 12.1 Å². The van der Waals surface area contributed by atoms with Crippen molar-refractivity contribution in [2.45, 2.75) is 29.6 Å². The van der Waals surface area contributed by atoms with Crippen molar-refractivity contribution in [2.75, 3.05) is 4.72 Å². The number of nitrogens with one attached hydrogen (secondary N) is 1. The quantitative estimate of drug-likeness (QED) is 0.859. The Morgan fingerprint density at radius 3 is 2.00 bits per heavy atom. The van der Waals surface area contributed by atoms with Gasteiger partial charge in [-0.25, -0.2) is 22.0 Å². The molecule has 3 N–H and O–H groups in total. The van der Waals surface area contributed by atoms with Crippen LogP contribution in [-0.2, 0) is 20.0 Å². The second-order valence-electron chi connectivity index (χ2n) is 5.40. The van der Waals surface area contributed by atoms with Crippen molar-refractivity contribution in [1.29, 1.82) is 0 Å². The summed E-state index contributed by atoms with van der Waals surface area (Å²) < 4.78 is 49.6. The molecule has 124 valence electrons. The Labute approximate surface area is 136 Å². The third kappa shape index (κ3) is 4.31. The highest BCUT2D eigenvalue weighted by Gasteiger charge is 2.16. The summed E-state index contributed by atoms with van der Waals surface area (Å²) in [6.07, 6.45) is 0. The van der Waals surface area contributed by atoms with Crippen LogP contribution in [0.5, 0.6) is 0 Å². The van der Waals surface area contributed by atoms with E-state index >= 15 is 0 Å². The van der Waals surface area contributed by atoms with E-state index in [-0.39, 0.29) is 15.7 Å². The Morgan fingerprint density at radius 1 is 0.913 bits per heavy atom. The van der Waals surface area contributed by atoms with Crippen molar-refractivity contribution in [1.82, 2.24) is 0 Å². The maximum absolute atomic E-state index is 12.4. The van der Waals surface area contributed by atoms with Gasteiger partial charge in [-0.3, -0.25) is 4.72 Å². The van der Waals surface area contributed by atoms with Crippen LogP contribution in [0.25, 0.3) is 0 Å². The van der Waals surface area contributed by atoms with E-state index in [9.17, 15) is 16.8 Å². The molecule has 2 aromatic rings. The zero-order valence-corrected chi connectivity index (χ0v) is 14.4. The lowest BCUT2D eigenvalue weighted by molar-refractivity contribution is 0.595. The third-order valence-electron chi connectivity index (χ3n) is 3.27. The van der Waals surface area contributed by atoms with Gasteiger partial charge in [0, 0.05) is 5.69 Å². The zero-order chi connectivity index (χ0) is 17.3. The molecule has 0 heterocycles. The van der Waals surface area contributed by atoms with E-state index in [1.807, 2.05) is 19.9 Å². The van der Waals surface area contributed by atoms with Crippen LogP contribution in [0.1, 0.15) is 25.3 Å². The number of sulfonamides is 2. The van der Waals surface area contributed by atoms with Crippen LogP contribution in [0.3, 0.4) is 0 Å². The molecule has 0 amide bonds. The fourth-order valence-corrected chi connectivity index (χ4v) is 3.55. The van der Waals surface area contributed by atoms with Crippen LogP contribution in [0.2, 0.25) is 0 Å². The van der Waals surface area contributed by atoms with Crippen LogP contribution < -0.4 is 9.86 Å². The Bertz CT molecular complexity index is 903. The maximum Gasteiger partial charge on any atom is 0.261 e. The molecule has 0 radical (unpaired) electrons. The molecule has 0 saturated carbocycles. The van der Waals surface area contributed by atoms with Crippen LogP contribution >= 0.6 is 0 Å². The van der Waals surface area contributed by atoms with E-state index in [1.54, 1.807) is 18.2 Å². The summed E-state index contributed by atoms with van der Waals surface area (Å²) in [7, 11) is -7.66. The molecule has 8 heteroatoms. The first kappa shape index (κ1) is 17.5. The number of anilines is 1. The SMILES string of the molecule is CC(C)c1cccc(NS(=O)(=O)c2ccc(S(N)(=O)=O)cc2)c1. The highest BCUT2D eigenvalue weighted by molar-refractivity contribution is 7.92. The van der Waals surface area contributed by atoms with Crippen LogP contribution in [0.4, 0.5) is 5.69 Å². The number of nitrogens with two attached hydrogens (primary N) is 1. The van der Waals surface area contributed by atoms with Gasteiger partial charge in [0.15, 0.2) is 0 Å². The molecule has 2 aromatic carbocycles. The molecule has 0 aromatic heterocycles. The second-order valence-corrected chi connectivity index (χ2v) is 8.65. The molecule has 23 heavy (non-hydrogen) atoms. The molecule has 6 nitrogen and oxygen atoms in total. The highest BCUT2D eigenvalue weighted by Crippen LogP contribution is 2.22. The van der Waals surface area contributed by atoms with Gasteiger partial charge < -0.3 is 0 Å². The average molecular weight is 354 g/mol. The first-order valence-electron chi connectivity index (χ1n) is 6.85. The van der Waals surface area contributed by atoms with Crippen molar-refractivity contribution in [3.63, 3.8) is 0 Å². The van der Waals surface area contributed by atoms with Gasteiger partial charge in [0.2, 0.25) is 10.0 Å². The van der Waals surface area contributed by atoms with E-state index < -0.39 is 20.0 Å². The van der Waals surface area contributed by atoms with Crippen molar-refractivity contribution < 1.29 is 16.8 Å². The van der Waals surface area contributed by atoms with Crippen molar-refractivity contribution in [3.8, 4) is 0 Å². The number of primary sulfonamides is 1. The van der Waals surface area contributed by atoms with Crippen LogP contribution in [0.15, 0.2) is 58.3 Å². The predicted octanol–water partition coefficient (Wildman–Crippen LogP) is 2.26. The summed E-state index contributed by atoms with van der Waals surface area (Å²) in [5, 5.41) is 4.99. The molecule has 0 unspecified atom stereocenters. The lowest BCUT2D eigenvalue weighted by Gasteiger charge is -2.11. The minimum Gasteiger partial charge on any atom is -0.280 e. The second kappa shape index (κ2) is 6.31. The molecule has 0 saturated heterocycles. The molecule has 2 rings (SSSR count). The first-order chi connectivity index (χ1) is 10.6. The molecule has 0 aliphatic rings. The minimum absolute atomic E-state index is 0.0418. The van der Waals surface area contributed by atoms with Crippen LogP contribution in [-0.4, -0.2) is 16.8 Å². The standard InChI is InChI=1S/C15H18N2O4S2/c1-11(2)12-4-3-5-13(10-12)17-23(20,21)15-8-6-14(7-9-15)22(16,18)19/h3-11,17H,1-2H3,(H2,16,18,19). The predicted molar refractivity (Wildman–Crippen MR) is 89.2 cm³/mol. The Kier molecular flexibility index (Phi) is 4.79. The van der Waals surface area contributed by atoms with Gasteiger partial charge in [-0.05, 0) is 47.9 Å². The lowest BCUT2D eigenvalue weighted by Crippen LogP contribution is -2.15. The summed E-state index contributed by atoms with van der Waals surface area (Å²) >= 11 is 0. The molecular formula is C15H18N2O4S2. The smallest absolute Gasteiger partial charge is 0.261 e. The van der Waals surface area contributed by atoms with Gasteiger partial charge in [-0.2, -0.15) is 0 Å². The lowest BCUT2D eigenvalue weighted by atomic mass is 10.0. The van der Waals surface area contributed by atoms with E-state index in [2.05, 4.69) is 4.72 Å². The van der Waals surface area contributed by atoms with E-state index in [0.29, 0.717) is 5.69 Å². The number of benzene rings is 2. The number of hydrogen-bond acceptors (Lipinski definition) is 4. The Hall–Kier alpha value is -1.90.